The molecule has 1 fully saturated rings. The van der Waals surface area contributed by atoms with Gasteiger partial charge in [0.25, 0.3) is 5.91 Å². The molecule has 2 aromatic rings. The van der Waals surface area contributed by atoms with Crippen LogP contribution in [0.25, 0.3) is 11.0 Å². The Bertz CT molecular complexity index is 949. The number of halogens is 3. The third-order valence-electron chi connectivity index (χ3n) is 4.93. The number of piperidine rings is 1. The van der Waals surface area contributed by atoms with Gasteiger partial charge in [0.15, 0.2) is 6.61 Å². The summed E-state index contributed by atoms with van der Waals surface area (Å²) in [7, 11) is 1.30. The van der Waals surface area contributed by atoms with Crippen LogP contribution in [0.15, 0.2) is 24.3 Å². The maximum atomic E-state index is 13.3. The van der Waals surface area contributed by atoms with Crippen LogP contribution in [0.5, 0.6) is 0 Å². The van der Waals surface area contributed by atoms with Crippen LogP contribution in [0.3, 0.4) is 0 Å². The van der Waals surface area contributed by atoms with Gasteiger partial charge >= 0.3 is 18.1 Å². The number of amides is 1. The highest BCUT2D eigenvalue weighted by molar-refractivity contribution is 5.82. The number of ether oxygens (including phenoxy) is 2. The topological polar surface area (TPSA) is 90.7 Å². The first-order valence-corrected chi connectivity index (χ1v) is 9.24. The zero-order chi connectivity index (χ0) is 21.9. The number of hydrogen-bond acceptors (Lipinski definition) is 6. The van der Waals surface area contributed by atoms with Crippen molar-refractivity contribution in [2.24, 2.45) is 5.92 Å². The number of benzene rings is 1. The Morgan fingerprint density at radius 2 is 1.83 bits per heavy atom. The Kier molecular flexibility index (Phi) is 6.28. The molecule has 162 valence electrons. The summed E-state index contributed by atoms with van der Waals surface area (Å²) >= 11 is 0. The van der Waals surface area contributed by atoms with Gasteiger partial charge in [-0.15, -0.1) is 0 Å². The molecule has 8 nitrogen and oxygen atoms in total. The summed E-state index contributed by atoms with van der Waals surface area (Å²) in [4.78, 5) is 40.9. The fourth-order valence-corrected chi connectivity index (χ4v) is 3.39. The summed E-state index contributed by atoms with van der Waals surface area (Å²) in [5, 5.41) is 0. The number of nitrogens with zero attached hydrogens (tertiary/aromatic N) is 3. The molecule has 1 aromatic carbocycles. The van der Waals surface area contributed by atoms with Gasteiger partial charge in [-0.1, -0.05) is 12.1 Å². The molecule has 0 radical (unpaired) electrons. The number of imidazole rings is 1. The van der Waals surface area contributed by atoms with Crippen LogP contribution in [0.4, 0.5) is 13.2 Å². The Labute approximate surface area is 169 Å². The molecule has 30 heavy (non-hydrogen) atoms. The van der Waals surface area contributed by atoms with Crippen molar-refractivity contribution in [2.75, 3.05) is 26.8 Å². The second-order valence-corrected chi connectivity index (χ2v) is 6.85. The van der Waals surface area contributed by atoms with Gasteiger partial charge in [0.05, 0.1) is 24.1 Å². The number of esters is 2. The van der Waals surface area contributed by atoms with Crippen molar-refractivity contribution in [3.05, 3.63) is 30.1 Å². The molecule has 0 spiro atoms. The monoisotopic (exact) mass is 427 g/mol. The van der Waals surface area contributed by atoms with Crippen LogP contribution in [0, 0.1) is 5.92 Å². The van der Waals surface area contributed by atoms with E-state index in [-0.39, 0.29) is 22.9 Å². The van der Waals surface area contributed by atoms with E-state index in [1.54, 1.807) is 6.07 Å². The molecule has 1 aliphatic rings. The third kappa shape index (κ3) is 4.71. The summed E-state index contributed by atoms with van der Waals surface area (Å²) in [6.07, 6.45) is -3.89. The summed E-state index contributed by atoms with van der Waals surface area (Å²) in [5.41, 5.74) is 0.236. The van der Waals surface area contributed by atoms with Crippen LogP contribution in [-0.2, 0) is 36.6 Å². The highest BCUT2D eigenvalue weighted by Gasteiger charge is 2.38. The zero-order valence-corrected chi connectivity index (χ0v) is 16.1. The van der Waals surface area contributed by atoms with Crippen LogP contribution >= 0.6 is 0 Å². The number of aromatic nitrogens is 2. The first-order chi connectivity index (χ1) is 14.2. The Morgan fingerprint density at radius 3 is 2.47 bits per heavy atom. The van der Waals surface area contributed by atoms with Crippen LogP contribution in [0.1, 0.15) is 18.7 Å². The van der Waals surface area contributed by atoms with Gasteiger partial charge in [0.2, 0.25) is 5.82 Å². The Balaban J connectivity index is 1.59. The second kappa shape index (κ2) is 8.72. The van der Waals surface area contributed by atoms with E-state index in [9.17, 15) is 27.6 Å². The van der Waals surface area contributed by atoms with Crippen molar-refractivity contribution in [3.63, 3.8) is 0 Å². The van der Waals surface area contributed by atoms with E-state index in [1.165, 1.54) is 30.2 Å². The van der Waals surface area contributed by atoms with Crippen molar-refractivity contribution in [2.45, 2.75) is 25.6 Å². The van der Waals surface area contributed by atoms with Gasteiger partial charge in [-0.05, 0) is 25.0 Å². The van der Waals surface area contributed by atoms with Gasteiger partial charge < -0.3 is 18.9 Å². The maximum Gasteiger partial charge on any atom is 0.449 e. The highest BCUT2D eigenvalue weighted by Crippen LogP contribution is 2.31. The van der Waals surface area contributed by atoms with E-state index in [1.807, 2.05) is 0 Å². The lowest BCUT2D eigenvalue weighted by Gasteiger charge is -2.30. The minimum Gasteiger partial charge on any atom is -0.469 e. The zero-order valence-electron chi connectivity index (χ0n) is 16.1. The van der Waals surface area contributed by atoms with Gasteiger partial charge in [-0.2, -0.15) is 13.2 Å². The van der Waals surface area contributed by atoms with E-state index in [0.717, 1.165) is 4.57 Å². The molecule has 1 aliphatic heterocycles. The van der Waals surface area contributed by atoms with Crippen molar-refractivity contribution >= 4 is 28.9 Å². The molecule has 1 saturated heterocycles. The summed E-state index contributed by atoms with van der Waals surface area (Å²) < 4.78 is 50.1. The van der Waals surface area contributed by atoms with Gasteiger partial charge in [-0.25, -0.2) is 4.98 Å². The molecule has 1 amide bonds. The number of carbonyl (C=O) groups is 3. The van der Waals surface area contributed by atoms with E-state index in [4.69, 9.17) is 4.74 Å². The molecule has 0 aliphatic carbocycles. The van der Waals surface area contributed by atoms with Gasteiger partial charge in [0.1, 0.15) is 6.54 Å². The number of hydrogen-bond donors (Lipinski definition) is 0. The first-order valence-electron chi connectivity index (χ1n) is 9.24. The van der Waals surface area contributed by atoms with Crippen LogP contribution in [-0.4, -0.2) is 59.1 Å². The number of carbonyl (C=O) groups excluding carboxylic acids is 3. The fourth-order valence-electron chi connectivity index (χ4n) is 3.39. The Morgan fingerprint density at radius 1 is 1.17 bits per heavy atom. The number of fused-ring (bicyclic) bond motifs is 1. The molecule has 0 unspecified atom stereocenters. The molecule has 0 atom stereocenters. The predicted molar refractivity (Wildman–Crippen MR) is 97.0 cm³/mol. The molecular weight excluding hydrogens is 407 g/mol. The van der Waals surface area contributed by atoms with Crippen molar-refractivity contribution < 1.29 is 37.0 Å². The SMILES string of the molecule is COC(=O)C1CCN(C(=O)COC(=O)Cn2c(C(F)(F)F)nc3ccccc32)CC1. The minimum atomic E-state index is -4.75. The van der Waals surface area contributed by atoms with Gasteiger partial charge in [0, 0.05) is 13.1 Å². The van der Waals surface area contributed by atoms with E-state index >= 15 is 0 Å². The van der Waals surface area contributed by atoms with Crippen LogP contribution < -0.4 is 0 Å². The van der Waals surface area contributed by atoms with Crippen molar-refractivity contribution in [1.82, 2.24) is 14.5 Å². The average Bonchev–Trinajstić information content (AvgIpc) is 3.10. The Hall–Kier alpha value is -3.11. The standard InChI is InChI=1S/C19H20F3N3O5/c1-29-17(28)12-6-8-24(9-7-12)15(26)11-30-16(27)10-25-14-5-3-2-4-13(14)23-18(25)19(20,21)22/h2-5,12H,6-11H2,1H3. The average molecular weight is 427 g/mol. The van der Waals surface area contributed by atoms with Crippen LogP contribution in [0.2, 0.25) is 0 Å². The van der Waals surface area contributed by atoms with E-state index in [2.05, 4.69) is 9.72 Å². The predicted octanol–water partition coefficient (Wildman–Crippen LogP) is 2.01. The highest BCUT2D eigenvalue weighted by atomic mass is 19.4. The number of alkyl halides is 3. The largest absolute Gasteiger partial charge is 0.469 e. The number of likely N-dealkylation sites (tertiary alicyclic amines) is 1. The molecule has 3 rings (SSSR count). The fraction of sp³-hybridized carbons (Fsp3) is 0.474. The first kappa shape index (κ1) is 21.6. The van der Waals surface area contributed by atoms with E-state index in [0.29, 0.717) is 25.9 Å². The molecule has 2 heterocycles. The van der Waals surface area contributed by atoms with Crippen molar-refractivity contribution in [3.8, 4) is 0 Å². The maximum absolute atomic E-state index is 13.3. The molecule has 0 N–H and O–H groups in total. The van der Waals surface area contributed by atoms with Crippen molar-refractivity contribution in [1.29, 1.82) is 0 Å². The summed E-state index contributed by atoms with van der Waals surface area (Å²) in [6, 6.07) is 5.91. The quantitative estimate of drug-likeness (QED) is 0.678. The molecule has 11 heteroatoms. The third-order valence-corrected chi connectivity index (χ3v) is 4.93. The molecule has 1 aromatic heterocycles. The number of para-hydroxylation sites is 2. The number of methoxy groups -OCH3 is 1. The number of rotatable bonds is 5. The lowest BCUT2D eigenvalue weighted by atomic mass is 9.97. The van der Waals surface area contributed by atoms with Gasteiger partial charge in [-0.3, -0.25) is 14.4 Å². The summed E-state index contributed by atoms with van der Waals surface area (Å²) in [5.74, 6) is -3.28. The molecule has 0 saturated carbocycles. The lowest BCUT2D eigenvalue weighted by molar-refractivity contribution is -0.156. The summed E-state index contributed by atoms with van der Waals surface area (Å²) in [6.45, 7) is -0.705. The minimum absolute atomic E-state index is 0.0992. The van der Waals surface area contributed by atoms with E-state index < -0.39 is 37.0 Å². The molecular formula is C19H20F3N3O5. The normalized spacial score (nSPS) is 15.3. The second-order valence-electron chi connectivity index (χ2n) is 6.85. The smallest absolute Gasteiger partial charge is 0.449 e. The lowest BCUT2D eigenvalue weighted by Crippen LogP contribution is -2.42. The molecule has 0 bridgehead atoms.